The summed E-state index contributed by atoms with van der Waals surface area (Å²) in [5, 5.41) is 2.09. The number of hydrogen-bond donors (Lipinski definition) is 1. The Kier molecular flexibility index (Phi) is 4.93. The van der Waals surface area contributed by atoms with Crippen LogP contribution in [0.15, 0.2) is 18.2 Å². The highest BCUT2D eigenvalue weighted by Crippen LogP contribution is 2.33. The first-order valence-corrected chi connectivity index (χ1v) is 6.77. The number of esters is 1. The number of aryl methyl sites for hydroxylation is 1. The van der Waals surface area contributed by atoms with Gasteiger partial charge in [0.25, 0.3) is 0 Å². The summed E-state index contributed by atoms with van der Waals surface area (Å²) in [5.41, 5.74) is -1.76. The highest BCUT2D eigenvalue weighted by atomic mass is 35.5. The van der Waals surface area contributed by atoms with Crippen molar-refractivity contribution in [3.63, 3.8) is 0 Å². The molecule has 0 saturated carbocycles. The number of nitrogens with zero attached hydrogens (tertiary/aromatic N) is 2. The van der Waals surface area contributed by atoms with Crippen molar-refractivity contribution in [1.29, 1.82) is 0 Å². The number of carbonyl (C=O) groups excluding carboxylic acids is 1. The highest BCUT2D eigenvalue weighted by molar-refractivity contribution is 6.28. The van der Waals surface area contributed by atoms with Crippen molar-refractivity contribution in [3.8, 4) is 0 Å². The van der Waals surface area contributed by atoms with Gasteiger partial charge in [-0.2, -0.15) is 18.2 Å². The second-order valence-corrected chi connectivity index (χ2v) is 4.99. The molecule has 0 bridgehead atoms. The maximum Gasteiger partial charge on any atom is 0.416 e. The van der Waals surface area contributed by atoms with Crippen LogP contribution in [0.5, 0.6) is 0 Å². The van der Waals surface area contributed by atoms with Gasteiger partial charge in [0, 0.05) is 5.69 Å². The number of rotatable bonds is 3. The summed E-state index contributed by atoms with van der Waals surface area (Å²) in [6.45, 7) is 1.32. The van der Waals surface area contributed by atoms with Gasteiger partial charge in [-0.05, 0) is 36.7 Å². The molecule has 2 rings (SSSR count). The number of carbonyl (C=O) groups is 1. The molecule has 1 N–H and O–H groups in total. The molecule has 0 aliphatic heterocycles. The van der Waals surface area contributed by atoms with Crippen LogP contribution in [-0.4, -0.2) is 23.0 Å². The van der Waals surface area contributed by atoms with Crippen molar-refractivity contribution in [1.82, 2.24) is 9.97 Å². The zero-order valence-electron chi connectivity index (χ0n) is 12.3. The molecule has 1 heterocycles. The maximum absolute atomic E-state index is 14.0. The normalized spacial score (nSPS) is 11.3. The van der Waals surface area contributed by atoms with Crippen molar-refractivity contribution in [3.05, 3.63) is 46.1 Å². The molecule has 0 unspecified atom stereocenters. The molecule has 0 spiro atoms. The predicted octanol–water partition coefficient (Wildman–Crippen LogP) is 4.13. The van der Waals surface area contributed by atoms with Crippen LogP contribution < -0.4 is 5.32 Å². The fourth-order valence-electron chi connectivity index (χ4n) is 1.84. The SMILES string of the molecule is COC(=O)c1cc(Nc2nc(Cl)nc(C)c2F)cc(C(F)(F)F)c1. The van der Waals surface area contributed by atoms with Crippen LogP contribution in [0.25, 0.3) is 0 Å². The van der Waals surface area contributed by atoms with Crippen LogP contribution >= 0.6 is 11.6 Å². The summed E-state index contributed by atoms with van der Waals surface area (Å²) in [6, 6.07) is 2.41. The van der Waals surface area contributed by atoms with E-state index in [1.807, 2.05) is 0 Å². The molecule has 1 aromatic carbocycles. The summed E-state index contributed by atoms with van der Waals surface area (Å²) < 4.78 is 57.3. The third-order valence-corrected chi connectivity index (χ3v) is 3.10. The second-order valence-electron chi connectivity index (χ2n) is 4.65. The molecule has 0 atom stereocenters. The first kappa shape index (κ1) is 17.9. The minimum Gasteiger partial charge on any atom is -0.465 e. The average Bonchev–Trinajstić information content (AvgIpc) is 2.50. The molecule has 0 aliphatic carbocycles. The molecule has 0 aliphatic rings. The maximum atomic E-state index is 14.0. The minimum atomic E-state index is -4.71. The average molecular weight is 364 g/mol. The van der Waals surface area contributed by atoms with E-state index in [1.165, 1.54) is 6.92 Å². The van der Waals surface area contributed by atoms with Crippen molar-refractivity contribution in [2.45, 2.75) is 13.1 Å². The minimum absolute atomic E-state index is 0.0855. The Hall–Kier alpha value is -2.42. The van der Waals surface area contributed by atoms with E-state index in [-0.39, 0.29) is 22.2 Å². The smallest absolute Gasteiger partial charge is 0.416 e. The topological polar surface area (TPSA) is 64.1 Å². The van der Waals surface area contributed by atoms with Crippen LogP contribution in [0.2, 0.25) is 5.28 Å². The van der Waals surface area contributed by atoms with Gasteiger partial charge in [-0.1, -0.05) is 0 Å². The summed E-state index contributed by atoms with van der Waals surface area (Å²) in [7, 11) is 1.03. The summed E-state index contributed by atoms with van der Waals surface area (Å²) >= 11 is 5.61. The lowest BCUT2D eigenvalue weighted by Gasteiger charge is -2.13. The van der Waals surface area contributed by atoms with Crippen LogP contribution in [0.3, 0.4) is 0 Å². The molecule has 0 amide bonds. The number of alkyl halides is 3. The molecule has 0 saturated heterocycles. The molecule has 0 fully saturated rings. The first-order valence-electron chi connectivity index (χ1n) is 6.39. The van der Waals surface area contributed by atoms with Gasteiger partial charge in [-0.3, -0.25) is 0 Å². The quantitative estimate of drug-likeness (QED) is 0.505. The van der Waals surface area contributed by atoms with E-state index in [1.54, 1.807) is 0 Å². The van der Waals surface area contributed by atoms with E-state index in [0.29, 0.717) is 12.1 Å². The van der Waals surface area contributed by atoms with Gasteiger partial charge >= 0.3 is 12.1 Å². The van der Waals surface area contributed by atoms with E-state index in [9.17, 15) is 22.4 Å². The lowest BCUT2D eigenvalue weighted by Crippen LogP contribution is -2.10. The number of benzene rings is 1. The second kappa shape index (κ2) is 6.60. The van der Waals surface area contributed by atoms with Crippen LogP contribution in [0.1, 0.15) is 21.6 Å². The molecular weight excluding hydrogens is 354 g/mol. The van der Waals surface area contributed by atoms with Gasteiger partial charge in [0.05, 0.1) is 23.9 Å². The Morgan fingerprint density at radius 2 is 1.92 bits per heavy atom. The van der Waals surface area contributed by atoms with Crippen LogP contribution in [-0.2, 0) is 10.9 Å². The van der Waals surface area contributed by atoms with E-state index in [0.717, 1.165) is 13.2 Å². The lowest BCUT2D eigenvalue weighted by molar-refractivity contribution is -0.137. The number of nitrogens with one attached hydrogen (secondary N) is 1. The van der Waals surface area contributed by atoms with Crippen molar-refractivity contribution >= 4 is 29.1 Å². The molecule has 10 heteroatoms. The first-order chi connectivity index (χ1) is 11.1. The zero-order valence-corrected chi connectivity index (χ0v) is 13.1. The Balaban J connectivity index is 2.52. The largest absolute Gasteiger partial charge is 0.465 e. The van der Waals surface area contributed by atoms with Gasteiger partial charge in [0.15, 0.2) is 11.6 Å². The highest BCUT2D eigenvalue weighted by Gasteiger charge is 2.32. The number of hydrogen-bond acceptors (Lipinski definition) is 5. The molecule has 5 nitrogen and oxygen atoms in total. The zero-order chi connectivity index (χ0) is 18.1. The van der Waals surface area contributed by atoms with Crippen LogP contribution in [0, 0.1) is 12.7 Å². The van der Waals surface area contributed by atoms with Gasteiger partial charge < -0.3 is 10.1 Å². The molecule has 128 valence electrons. The van der Waals surface area contributed by atoms with Crippen molar-refractivity contribution in [2.75, 3.05) is 12.4 Å². The third-order valence-electron chi connectivity index (χ3n) is 2.93. The van der Waals surface area contributed by atoms with Gasteiger partial charge in [0.2, 0.25) is 5.28 Å². The monoisotopic (exact) mass is 363 g/mol. The van der Waals surface area contributed by atoms with E-state index < -0.39 is 29.3 Å². The third kappa shape index (κ3) is 3.91. The Morgan fingerprint density at radius 3 is 2.50 bits per heavy atom. The summed E-state index contributed by atoms with van der Waals surface area (Å²) in [4.78, 5) is 18.7. The van der Waals surface area contributed by atoms with Crippen LogP contribution in [0.4, 0.5) is 29.1 Å². The van der Waals surface area contributed by atoms with Gasteiger partial charge in [-0.25, -0.2) is 14.2 Å². The van der Waals surface area contributed by atoms with E-state index in [4.69, 9.17) is 11.6 Å². The predicted molar refractivity (Wildman–Crippen MR) is 77.8 cm³/mol. The fourth-order valence-corrected chi connectivity index (χ4v) is 2.06. The Labute approximate surface area is 138 Å². The Morgan fingerprint density at radius 1 is 1.25 bits per heavy atom. The number of aromatic nitrogens is 2. The lowest BCUT2D eigenvalue weighted by atomic mass is 10.1. The molecular formula is C14H10ClF4N3O2. The Bertz CT molecular complexity index is 796. The molecule has 24 heavy (non-hydrogen) atoms. The number of halogens is 5. The van der Waals surface area contributed by atoms with E-state index >= 15 is 0 Å². The number of methoxy groups -OCH3 is 1. The summed E-state index contributed by atoms with van der Waals surface area (Å²) in [6.07, 6.45) is -4.71. The standard InChI is InChI=1S/C14H10ClF4N3O2/c1-6-10(16)11(22-13(15)20-6)21-9-4-7(12(23)24-2)3-8(5-9)14(17,18)19/h3-5H,1-2H3,(H,20,21,22). The van der Waals surface area contributed by atoms with Gasteiger partial charge in [-0.15, -0.1) is 0 Å². The molecule has 0 radical (unpaired) electrons. The summed E-state index contributed by atoms with van der Waals surface area (Å²) in [5.74, 6) is -2.26. The number of ether oxygens (including phenoxy) is 1. The number of anilines is 2. The van der Waals surface area contributed by atoms with Gasteiger partial charge in [0.1, 0.15) is 0 Å². The van der Waals surface area contributed by atoms with E-state index in [2.05, 4.69) is 20.0 Å². The fraction of sp³-hybridized carbons (Fsp3) is 0.214. The molecule has 1 aromatic heterocycles. The molecule has 2 aromatic rings. The van der Waals surface area contributed by atoms with Crippen molar-refractivity contribution in [2.24, 2.45) is 0 Å². The van der Waals surface area contributed by atoms with Crippen molar-refractivity contribution < 1.29 is 27.1 Å².